The number of hydrogen-bond donors (Lipinski definition) is 0. The molecule has 0 aliphatic carbocycles. The van der Waals surface area contributed by atoms with Crippen LogP contribution in [-0.2, 0) is 0 Å². The van der Waals surface area contributed by atoms with Crippen molar-refractivity contribution >= 4 is 0 Å². The van der Waals surface area contributed by atoms with Gasteiger partial charge in [-0.1, -0.05) is 0 Å². The van der Waals surface area contributed by atoms with Crippen LogP contribution in [0.3, 0.4) is 0 Å². The molecule has 1 saturated heterocycles. The summed E-state index contributed by atoms with van der Waals surface area (Å²) in [6.07, 6.45) is -1.27. The zero-order valence-corrected chi connectivity index (χ0v) is 6.57. The van der Waals surface area contributed by atoms with E-state index in [0.717, 1.165) is 10.0 Å². The third kappa shape index (κ3) is 1.86. The van der Waals surface area contributed by atoms with Crippen molar-refractivity contribution < 1.29 is 4.92 Å². The van der Waals surface area contributed by atoms with Crippen molar-refractivity contribution in [2.24, 2.45) is 10.6 Å². The molecule has 1 aliphatic heterocycles. The zero-order valence-electron chi connectivity index (χ0n) is 6.57. The highest BCUT2D eigenvalue weighted by Crippen LogP contribution is 2.10. The minimum atomic E-state index is -1.27. The van der Waals surface area contributed by atoms with E-state index in [1.54, 1.807) is 0 Å². The normalized spacial score (nSPS) is 22.6. The van der Waals surface area contributed by atoms with Crippen LogP contribution in [0.4, 0.5) is 0 Å². The molecule has 72 valence electrons. The molecule has 0 N–H and O–H groups in total. The van der Waals surface area contributed by atoms with Gasteiger partial charge in [-0.3, -0.25) is 10.1 Å². The van der Waals surface area contributed by atoms with E-state index in [4.69, 9.17) is 0 Å². The molecule has 1 heterocycles. The Balaban J connectivity index is 2.67. The van der Waals surface area contributed by atoms with Gasteiger partial charge < -0.3 is 0 Å². The van der Waals surface area contributed by atoms with Crippen molar-refractivity contribution in [3.63, 3.8) is 0 Å². The first kappa shape index (κ1) is 9.29. The number of nitro groups is 1. The Kier molecular flexibility index (Phi) is 2.67. The third-order valence-electron chi connectivity index (χ3n) is 1.77. The molecule has 1 aliphatic rings. The summed E-state index contributed by atoms with van der Waals surface area (Å²) >= 11 is 0. The van der Waals surface area contributed by atoms with Gasteiger partial charge in [-0.15, -0.1) is 9.81 Å². The second-order valence-corrected chi connectivity index (χ2v) is 2.50. The first-order chi connectivity index (χ1) is 6.19. The number of nitrogens with zero attached hydrogens (tertiary/aromatic N) is 5. The Morgan fingerprint density at radius 1 is 1.31 bits per heavy atom. The highest BCUT2D eigenvalue weighted by molar-refractivity contribution is 4.70. The van der Waals surface area contributed by atoms with Gasteiger partial charge in [0, 0.05) is 4.92 Å². The molecule has 9 heteroatoms. The SMILES string of the molecule is O=NN1CCN(N=O)C([N+](=O)[O-])C1. The van der Waals surface area contributed by atoms with E-state index in [1.165, 1.54) is 0 Å². The monoisotopic (exact) mass is 189 g/mol. The van der Waals surface area contributed by atoms with Crippen LogP contribution in [0.25, 0.3) is 0 Å². The van der Waals surface area contributed by atoms with E-state index in [1.807, 2.05) is 0 Å². The summed E-state index contributed by atoms with van der Waals surface area (Å²) in [4.78, 5) is 29.9. The number of hydrogen-bond acceptors (Lipinski definition) is 6. The lowest BCUT2D eigenvalue weighted by molar-refractivity contribution is -0.555. The average molecular weight is 189 g/mol. The quantitative estimate of drug-likeness (QED) is 0.338. The van der Waals surface area contributed by atoms with Crippen LogP contribution < -0.4 is 0 Å². The highest BCUT2D eigenvalue weighted by Gasteiger charge is 2.35. The Morgan fingerprint density at radius 2 is 2.00 bits per heavy atom. The lowest BCUT2D eigenvalue weighted by atomic mass is 10.3. The predicted molar refractivity (Wildman–Crippen MR) is 40.7 cm³/mol. The van der Waals surface area contributed by atoms with Crippen molar-refractivity contribution in [1.29, 1.82) is 0 Å². The maximum Gasteiger partial charge on any atom is 0.322 e. The molecule has 0 aromatic rings. The Labute approximate surface area is 72.3 Å². The van der Waals surface area contributed by atoms with Crippen molar-refractivity contribution in [3.05, 3.63) is 19.9 Å². The lowest BCUT2D eigenvalue weighted by Gasteiger charge is -2.28. The lowest BCUT2D eigenvalue weighted by Crippen LogP contribution is -2.52. The fourth-order valence-electron chi connectivity index (χ4n) is 1.09. The van der Waals surface area contributed by atoms with Crippen LogP contribution in [-0.4, -0.2) is 40.7 Å². The van der Waals surface area contributed by atoms with Gasteiger partial charge in [-0.05, 0) is 0 Å². The predicted octanol–water partition coefficient (Wildman–Crippen LogP) is -0.430. The molecule has 13 heavy (non-hydrogen) atoms. The fourth-order valence-corrected chi connectivity index (χ4v) is 1.09. The molecular weight excluding hydrogens is 182 g/mol. The van der Waals surface area contributed by atoms with Gasteiger partial charge in [0.25, 0.3) is 0 Å². The molecule has 0 radical (unpaired) electrons. The van der Waals surface area contributed by atoms with Crippen LogP contribution >= 0.6 is 0 Å². The molecule has 0 aromatic carbocycles. The summed E-state index contributed by atoms with van der Waals surface area (Å²) in [5.74, 6) is 0. The number of piperazine rings is 1. The first-order valence-electron chi connectivity index (χ1n) is 3.50. The summed E-state index contributed by atoms with van der Waals surface area (Å²) in [6.45, 7) is 0.0166. The van der Waals surface area contributed by atoms with Gasteiger partial charge in [0.1, 0.15) is 6.54 Å². The van der Waals surface area contributed by atoms with Gasteiger partial charge in [-0.25, -0.2) is 5.01 Å². The minimum absolute atomic E-state index is 0.0425. The van der Waals surface area contributed by atoms with Gasteiger partial charge in [-0.2, -0.15) is 5.01 Å². The van der Waals surface area contributed by atoms with E-state index in [0.29, 0.717) is 0 Å². The third-order valence-corrected chi connectivity index (χ3v) is 1.77. The Hall–Kier alpha value is -1.80. The van der Waals surface area contributed by atoms with E-state index in [2.05, 4.69) is 10.6 Å². The summed E-state index contributed by atoms with van der Waals surface area (Å²) in [5, 5.41) is 17.2. The summed E-state index contributed by atoms with van der Waals surface area (Å²) in [6, 6.07) is 0. The van der Waals surface area contributed by atoms with Crippen LogP contribution in [0.15, 0.2) is 10.6 Å². The highest BCUT2D eigenvalue weighted by atomic mass is 16.6. The molecular formula is C4H7N5O4. The van der Waals surface area contributed by atoms with Crippen molar-refractivity contribution in [3.8, 4) is 0 Å². The summed E-state index contributed by atoms with van der Waals surface area (Å²) < 4.78 is 0. The van der Waals surface area contributed by atoms with Gasteiger partial charge in [0.15, 0.2) is 0 Å². The standard InChI is InChI=1S/C4H7N5O4/c10-5-7-1-2-8(6-11)4(3-7)9(12)13/h4H,1-3H2. The number of nitroso groups, excluding NO2 is 2. The van der Waals surface area contributed by atoms with Gasteiger partial charge >= 0.3 is 6.17 Å². The molecule has 0 saturated carbocycles. The summed E-state index contributed by atoms with van der Waals surface area (Å²) in [7, 11) is 0. The van der Waals surface area contributed by atoms with Crippen molar-refractivity contribution in [2.75, 3.05) is 19.6 Å². The molecule has 0 aromatic heterocycles. The van der Waals surface area contributed by atoms with E-state index in [9.17, 15) is 19.9 Å². The molecule has 0 amide bonds. The molecule has 0 bridgehead atoms. The molecule has 1 atom stereocenters. The van der Waals surface area contributed by atoms with Gasteiger partial charge in [0.05, 0.1) is 23.7 Å². The molecule has 1 rings (SSSR count). The topological polar surface area (TPSA) is 108 Å². The van der Waals surface area contributed by atoms with Crippen LogP contribution in [0, 0.1) is 19.9 Å². The van der Waals surface area contributed by atoms with E-state index in [-0.39, 0.29) is 19.6 Å². The summed E-state index contributed by atoms with van der Waals surface area (Å²) in [5.41, 5.74) is 0. The van der Waals surface area contributed by atoms with Crippen LogP contribution in [0.2, 0.25) is 0 Å². The van der Waals surface area contributed by atoms with Crippen LogP contribution in [0.1, 0.15) is 0 Å². The van der Waals surface area contributed by atoms with Crippen molar-refractivity contribution in [1.82, 2.24) is 10.0 Å². The second-order valence-electron chi connectivity index (χ2n) is 2.50. The first-order valence-corrected chi connectivity index (χ1v) is 3.50. The molecule has 1 unspecified atom stereocenters. The largest absolute Gasteiger partial charge is 0.322 e. The smallest absolute Gasteiger partial charge is 0.262 e. The molecule has 1 fully saturated rings. The maximum absolute atomic E-state index is 10.4. The second kappa shape index (κ2) is 3.74. The fraction of sp³-hybridized carbons (Fsp3) is 1.00. The van der Waals surface area contributed by atoms with E-state index >= 15 is 0 Å². The maximum atomic E-state index is 10.4. The Bertz CT molecular complexity index is 233. The average Bonchev–Trinajstić information content (AvgIpc) is 2.16. The minimum Gasteiger partial charge on any atom is -0.262 e. The number of rotatable bonds is 3. The van der Waals surface area contributed by atoms with E-state index < -0.39 is 11.1 Å². The molecule has 0 spiro atoms. The van der Waals surface area contributed by atoms with Gasteiger partial charge in [0.2, 0.25) is 0 Å². The van der Waals surface area contributed by atoms with Crippen LogP contribution in [0.5, 0.6) is 0 Å². The Morgan fingerprint density at radius 3 is 2.46 bits per heavy atom. The zero-order chi connectivity index (χ0) is 9.84. The molecule has 9 nitrogen and oxygen atoms in total. The van der Waals surface area contributed by atoms with Crippen molar-refractivity contribution in [2.45, 2.75) is 6.17 Å².